The number of carbonyl (C=O) groups is 1. The summed E-state index contributed by atoms with van der Waals surface area (Å²) in [7, 11) is 0. The van der Waals surface area contributed by atoms with Crippen LogP contribution in [0.1, 0.15) is 13.3 Å². The zero-order valence-electron chi connectivity index (χ0n) is 9.55. The summed E-state index contributed by atoms with van der Waals surface area (Å²) >= 11 is 0. The average Bonchev–Trinajstić information content (AvgIpc) is 2.23. The zero-order chi connectivity index (χ0) is 12.2. The fraction of sp³-hybridized carbons (Fsp3) is 0.900. The second-order valence-electron chi connectivity index (χ2n) is 3.25. The van der Waals surface area contributed by atoms with E-state index >= 15 is 0 Å². The first kappa shape index (κ1) is 15.3. The molecule has 16 heavy (non-hydrogen) atoms. The predicted octanol–water partition coefficient (Wildman–Crippen LogP) is -0.108. The lowest BCUT2D eigenvalue weighted by atomic mass is 10.4. The van der Waals surface area contributed by atoms with Crippen LogP contribution < -0.4 is 0 Å². The quantitative estimate of drug-likeness (QED) is 0.487. The number of hydrogen-bond acceptors (Lipinski definition) is 5. The Hall–Kier alpha value is -0.690. The molecular weight excluding hydrogens is 216 g/mol. The van der Waals surface area contributed by atoms with Gasteiger partial charge < -0.3 is 24.4 Å². The van der Waals surface area contributed by atoms with Crippen molar-refractivity contribution in [3.63, 3.8) is 0 Å². The Kier molecular flexibility index (Phi) is 10.3. The van der Waals surface area contributed by atoms with Crippen LogP contribution in [0.4, 0.5) is 0 Å². The van der Waals surface area contributed by atoms with E-state index in [1.165, 1.54) is 0 Å². The molecule has 1 atom stereocenters. The third-order valence-corrected chi connectivity index (χ3v) is 1.57. The van der Waals surface area contributed by atoms with Crippen LogP contribution in [0.3, 0.4) is 0 Å². The Morgan fingerprint density at radius 2 is 1.69 bits per heavy atom. The number of hydrogen-bond donors (Lipinski definition) is 2. The molecule has 0 aromatic rings. The summed E-state index contributed by atoms with van der Waals surface area (Å²) in [6.45, 7) is 3.17. The molecule has 6 heteroatoms. The molecule has 0 aliphatic carbocycles. The molecular formula is C10H20O6. The Labute approximate surface area is 95.1 Å². The van der Waals surface area contributed by atoms with Gasteiger partial charge in [-0.2, -0.15) is 0 Å². The molecule has 0 aromatic heterocycles. The summed E-state index contributed by atoms with van der Waals surface area (Å²) in [6.07, 6.45) is 0.266. The van der Waals surface area contributed by atoms with Crippen LogP contribution in [0.2, 0.25) is 0 Å². The van der Waals surface area contributed by atoms with E-state index in [1.807, 2.05) is 6.92 Å². The van der Waals surface area contributed by atoms with Crippen molar-refractivity contribution in [2.45, 2.75) is 19.4 Å². The second kappa shape index (κ2) is 10.8. The summed E-state index contributed by atoms with van der Waals surface area (Å²) in [4.78, 5) is 10.1. The van der Waals surface area contributed by atoms with Crippen LogP contribution in [0, 0.1) is 0 Å². The van der Waals surface area contributed by atoms with E-state index < -0.39 is 12.1 Å². The van der Waals surface area contributed by atoms with Gasteiger partial charge in [0.2, 0.25) is 0 Å². The molecule has 6 nitrogen and oxygen atoms in total. The van der Waals surface area contributed by atoms with Crippen LogP contribution in [0.15, 0.2) is 0 Å². The minimum atomic E-state index is -1.01. The van der Waals surface area contributed by atoms with E-state index in [0.29, 0.717) is 6.61 Å². The summed E-state index contributed by atoms with van der Waals surface area (Å²) in [5.41, 5.74) is 0. The van der Waals surface area contributed by atoms with Crippen LogP contribution in [-0.4, -0.2) is 61.9 Å². The van der Waals surface area contributed by atoms with Crippen molar-refractivity contribution in [2.75, 3.05) is 39.6 Å². The number of aliphatic carboxylic acids is 1. The average molecular weight is 236 g/mol. The first-order valence-corrected chi connectivity index (χ1v) is 5.30. The topological polar surface area (TPSA) is 85.2 Å². The molecule has 0 fully saturated rings. The lowest BCUT2D eigenvalue weighted by Gasteiger charge is -2.11. The Bertz CT molecular complexity index is 173. The fourth-order valence-corrected chi connectivity index (χ4v) is 0.909. The molecule has 0 aliphatic rings. The van der Waals surface area contributed by atoms with Crippen LogP contribution in [0.25, 0.3) is 0 Å². The lowest BCUT2D eigenvalue weighted by Crippen LogP contribution is -2.23. The molecule has 0 amide bonds. The second-order valence-corrected chi connectivity index (χ2v) is 3.25. The highest BCUT2D eigenvalue weighted by Gasteiger charge is 2.04. The standard InChI is InChI=1S/C10H20O6/c1-2-3-14-6-9(11)7-15-4-5-16-8-10(12)13/h9,11H,2-8H2,1H3,(H,12,13). The number of rotatable bonds is 11. The van der Waals surface area contributed by atoms with Gasteiger partial charge in [-0.05, 0) is 6.42 Å². The van der Waals surface area contributed by atoms with Crippen molar-refractivity contribution in [3.8, 4) is 0 Å². The highest BCUT2D eigenvalue weighted by molar-refractivity contribution is 5.67. The number of aliphatic hydroxyl groups is 1. The van der Waals surface area contributed by atoms with Crippen LogP contribution in [0.5, 0.6) is 0 Å². The maximum Gasteiger partial charge on any atom is 0.329 e. The van der Waals surface area contributed by atoms with E-state index in [9.17, 15) is 9.90 Å². The largest absolute Gasteiger partial charge is 0.480 e. The van der Waals surface area contributed by atoms with E-state index in [4.69, 9.17) is 19.3 Å². The van der Waals surface area contributed by atoms with Crippen molar-refractivity contribution in [3.05, 3.63) is 0 Å². The SMILES string of the molecule is CCCOCC(O)COCCOCC(=O)O. The highest BCUT2D eigenvalue weighted by Crippen LogP contribution is 1.89. The molecule has 0 saturated heterocycles. The van der Waals surface area contributed by atoms with Gasteiger partial charge in [-0.1, -0.05) is 6.92 Å². The molecule has 2 N–H and O–H groups in total. The maximum atomic E-state index is 10.1. The zero-order valence-corrected chi connectivity index (χ0v) is 9.55. The van der Waals surface area contributed by atoms with Gasteiger partial charge in [0.15, 0.2) is 0 Å². The molecule has 0 rings (SSSR count). The molecule has 0 saturated carbocycles. The Morgan fingerprint density at radius 3 is 2.25 bits per heavy atom. The molecule has 0 spiro atoms. The summed E-state index contributed by atoms with van der Waals surface area (Å²) < 4.78 is 14.9. The molecule has 0 aromatic carbocycles. The van der Waals surface area contributed by atoms with E-state index in [-0.39, 0.29) is 33.0 Å². The predicted molar refractivity (Wildman–Crippen MR) is 56.4 cm³/mol. The van der Waals surface area contributed by atoms with Crippen molar-refractivity contribution in [1.82, 2.24) is 0 Å². The van der Waals surface area contributed by atoms with Gasteiger partial charge in [0, 0.05) is 6.61 Å². The summed E-state index contributed by atoms with van der Waals surface area (Å²) in [5, 5.41) is 17.6. The fourth-order valence-electron chi connectivity index (χ4n) is 0.909. The van der Waals surface area contributed by atoms with E-state index in [1.54, 1.807) is 0 Å². The smallest absolute Gasteiger partial charge is 0.329 e. The highest BCUT2D eigenvalue weighted by atomic mass is 16.5. The van der Waals surface area contributed by atoms with Gasteiger partial charge in [-0.3, -0.25) is 0 Å². The minimum Gasteiger partial charge on any atom is -0.480 e. The number of ether oxygens (including phenoxy) is 3. The maximum absolute atomic E-state index is 10.1. The van der Waals surface area contributed by atoms with Crippen molar-refractivity contribution >= 4 is 5.97 Å². The number of aliphatic hydroxyl groups excluding tert-OH is 1. The summed E-state index contributed by atoms with van der Waals surface area (Å²) in [6, 6.07) is 0. The number of carboxylic acids is 1. The third-order valence-electron chi connectivity index (χ3n) is 1.57. The first-order chi connectivity index (χ1) is 7.66. The minimum absolute atomic E-state index is 0.167. The molecule has 0 aliphatic heterocycles. The van der Waals surface area contributed by atoms with Crippen molar-refractivity contribution in [2.24, 2.45) is 0 Å². The van der Waals surface area contributed by atoms with Gasteiger partial charge in [0.05, 0.1) is 26.4 Å². The normalized spacial score (nSPS) is 12.6. The molecule has 0 radical (unpaired) electrons. The van der Waals surface area contributed by atoms with Gasteiger partial charge in [-0.15, -0.1) is 0 Å². The van der Waals surface area contributed by atoms with E-state index in [2.05, 4.69) is 0 Å². The van der Waals surface area contributed by atoms with Gasteiger partial charge >= 0.3 is 5.97 Å². The molecule has 0 heterocycles. The monoisotopic (exact) mass is 236 g/mol. The van der Waals surface area contributed by atoms with Gasteiger partial charge in [0.1, 0.15) is 12.7 Å². The molecule has 1 unspecified atom stereocenters. The number of carboxylic acid groups (broad SMARTS) is 1. The van der Waals surface area contributed by atoms with E-state index in [0.717, 1.165) is 6.42 Å². The van der Waals surface area contributed by atoms with Gasteiger partial charge in [-0.25, -0.2) is 4.79 Å². The van der Waals surface area contributed by atoms with Crippen LogP contribution in [-0.2, 0) is 19.0 Å². The first-order valence-electron chi connectivity index (χ1n) is 5.30. The van der Waals surface area contributed by atoms with Crippen molar-refractivity contribution < 1.29 is 29.2 Å². The third kappa shape index (κ3) is 11.4. The Morgan fingerprint density at radius 1 is 1.12 bits per heavy atom. The van der Waals surface area contributed by atoms with Gasteiger partial charge in [0.25, 0.3) is 0 Å². The lowest BCUT2D eigenvalue weighted by molar-refractivity contribution is -0.142. The molecule has 96 valence electrons. The Balaban J connectivity index is 3.14. The van der Waals surface area contributed by atoms with Crippen molar-refractivity contribution in [1.29, 1.82) is 0 Å². The van der Waals surface area contributed by atoms with Crippen LogP contribution >= 0.6 is 0 Å². The summed E-state index contributed by atoms with van der Waals surface area (Å²) in [5.74, 6) is -1.01. The molecule has 0 bridgehead atoms.